The first kappa shape index (κ1) is 16.3. The fraction of sp³-hybridized carbons (Fsp3) is 0.722. The van der Waals surface area contributed by atoms with Gasteiger partial charge in [0.25, 0.3) is 0 Å². The molecule has 3 nitrogen and oxygen atoms in total. The number of nitrogens with zero attached hydrogens (tertiary/aromatic N) is 2. The second kappa shape index (κ2) is 7.79. The van der Waals surface area contributed by atoms with Crippen LogP contribution < -0.4 is 10.2 Å². The molecule has 0 bridgehead atoms. The van der Waals surface area contributed by atoms with E-state index in [1.807, 2.05) is 0 Å². The topological polar surface area (TPSA) is 28.2 Å². The lowest BCUT2D eigenvalue weighted by Crippen LogP contribution is -2.23. The van der Waals surface area contributed by atoms with E-state index in [1.165, 1.54) is 36.5 Å². The Hall–Kier alpha value is -1.09. The number of anilines is 1. The van der Waals surface area contributed by atoms with Gasteiger partial charge in [-0.3, -0.25) is 0 Å². The third-order valence-electron chi connectivity index (χ3n) is 4.53. The summed E-state index contributed by atoms with van der Waals surface area (Å²) < 4.78 is 0. The lowest BCUT2D eigenvalue weighted by Gasteiger charge is -2.20. The number of nitrogens with one attached hydrogen (secondary N) is 1. The Labute approximate surface area is 130 Å². The number of hydrogen-bond donors (Lipinski definition) is 1. The van der Waals surface area contributed by atoms with Crippen molar-refractivity contribution in [1.29, 1.82) is 0 Å². The highest BCUT2D eigenvalue weighted by Gasteiger charge is 2.25. The molecule has 1 fully saturated rings. The van der Waals surface area contributed by atoms with E-state index < -0.39 is 0 Å². The van der Waals surface area contributed by atoms with Gasteiger partial charge in [0.2, 0.25) is 0 Å². The van der Waals surface area contributed by atoms with Gasteiger partial charge in [0.05, 0.1) is 0 Å². The summed E-state index contributed by atoms with van der Waals surface area (Å²) in [5.74, 6) is 2.78. The molecular weight excluding hydrogens is 258 g/mol. The minimum Gasteiger partial charge on any atom is -0.356 e. The summed E-state index contributed by atoms with van der Waals surface area (Å²) in [6.45, 7) is 13.4. The van der Waals surface area contributed by atoms with Gasteiger partial charge >= 0.3 is 0 Å². The van der Waals surface area contributed by atoms with Crippen LogP contribution >= 0.6 is 0 Å². The number of aromatic nitrogens is 1. The Bertz CT molecular complexity index is 442. The highest BCUT2D eigenvalue weighted by Crippen LogP contribution is 2.28. The lowest BCUT2D eigenvalue weighted by atomic mass is 9.95. The molecule has 0 aromatic carbocycles. The van der Waals surface area contributed by atoms with Crippen LogP contribution in [0.25, 0.3) is 0 Å². The molecule has 0 saturated carbocycles. The molecule has 0 aliphatic carbocycles. The molecule has 1 aromatic heterocycles. The van der Waals surface area contributed by atoms with Gasteiger partial charge in [0.1, 0.15) is 5.82 Å². The zero-order chi connectivity index (χ0) is 15.2. The van der Waals surface area contributed by atoms with Crippen LogP contribution in [-0.2, 0) is 13.0 Å². The first-order chi connectivity index (χ1) is 10.1. The van der Waals surface area contributed by atoms with Crippen molar-refractivity contribution in [2.24, 2.45) is 11.8 Å². The first-order valence-corrected chi connectivity index (χ1v) is 8.59. The molecule has 1 aliphatic heterocycles. The maximum Gasteiger partial charge on any atom is 0.129 e. The third-order valence-corrected chi connectivity index (χ3v) is 4.53. The molecular formula is C18H31N3. The summed E-state index contributed by atoms with van der Waals surface area (Å²) in [7, 11) is 0. The van der Waals surface area contributed by atoms with E-state index in [2.05, 4.69) is 50.0 Å². The van der Waals surface area contributed by atoms with Crippen LogP contribution in [0.1, 0.15) is 51.8 Å². The molecule has 1 aromatic rings. The Kier molecular flexibility index (Phi) is 6.04. The quantitative estimate of drug-likeness (QED) is 0.777. The minimum atomic E-state index is 0.773. The number of hydrogen-bond acceptors (Lipinski definition) is 3. The van der Waals surface area contributed by atoms with E-state index in [0.717, 1.165) is 37.9 Å². The normalized spacial score (nSPS) is 18.7. The van der Waals surface area contributed by atoms with E-state index in [4.69, 9.17) is 4.98 Å². The molecule has 2 heterocycles. The molecule has 1 aliphatic rings. The highest BCUT2D eigenvalue weighted by molar-refractivity contribution is 5.44. The zero-order valence-corrected chi connectivity index (χ0v) is 14.2. The summed E-state index contributed by atoms with van der Waals surface area (Å²) in [5, 5.41) is 3.50. The Morgan fingerprint density at radius 1 is 1.33 bits per heavy atom. The van der Waals surface area contributed by atoms with Gasteiger partial charge in [-0.2, -0.15) is 0 Å². The molecule has 21 heavy (non-hydrogen) atoms. The monoisotopic (exact) mass is 289 g/mol. The van der Waals surface area contributed by atoms with Gasteiger partial charge in [0.15, 0.2) is 0 Å². The maximum atomic E-state index is 4.85. The van der Waals surface area contributed by atoms with Crippen LogP contribution in [0.4, 0.5) is 5.82 Å². The van der Waals surface area contributed by atoms with Crippen molar-refractivity contribution in [2.75, 3.05) is 24.5 Å². The Morgan fingerprint density at radius 2 is 2.14 bits per heavy atom. The Morgan fingerprint density at radius 3 is 2.76 bits per heavy atom. The summed E-state index contributed by atoms with van der Waals surface area (Å²) in [6, 6.07) is 4.53. The molecule has 1 atom stereocenters. The van der Waals surface area contributed by atoms with Crippen molar-refractivity contribution >= 4 is 5.82 Å². The van der Waals surface area contributed by atoms with E-state index in [9.17, 15) is 0 Å². The van der Waals surface area contributed by atoms with E-state index >= 15 is 0 Å². The van der Waals surface area contributed by atoms with Gasteiger partial charge in [-0.1, -0.05) is 27.7 Å². The van der Waals surface area contributed by atoms with E-state index in [1.54, 1.807) is 0 Å². The maximum absolute atomic E-state index is 4.85. The predicted octanol–water partition coefficient (Wildman–Crippen LogP) is 3.63. The van der Waals surface area contributed by atoms with Crippen LogP contribution in [0, 0.1) is 11.8 Å². The van der Waals surface area contributed by atoms with Gasteiger partial charge in [-0.15, -0.1) is 0 Å². The summed E-state index contributed by atoms with van der Waals surface area (Å²) in [4.78, 5) is 7.33. The van der Waals surface area contributed by atoms with Crippen molar-refractivity contribution in [3.8, 4) is 0 Å². The van der Waals surface area contributed by atoms with Crippen LogP contribution in [0.2, 0.25) is 0 Å². The van der Waals surface area contributed by atoms with Crippen LogP contribution in [0.5, 0.6) is 0 Å². The Balaban J connectivity index is 2.09. The van der Waals surface area contributed by atoms with Gasteiger partial charge in [0, 0.05) is 25.3 Å². The van der Waals surface area contributed by atoms with Crippen molar-refractivity contribution in [2.45, 2.75) is 53.5 Å². The second-order valence-corrected chi connectivity index (χ2v) is 6.59. The van der Waals surface area contributed by atoms with Gasteiger partial charge < -0.3 is 10.2 Å². The lowest BCUT2D eigenvalue weighted by molar-refractivity contribution is 0.422. The predicted molar refractivity (Wildman–Crippen MR) is 90.8 cm³/mol. The molecule has 3 heteroatoms. The van der Waals surface area contributed by atoms with Crippen LogP contribution in [0.15, 0.2) is 12.1 Å². The molecule has 0 amide bonds. The summed E-state index contributed by atoms with van der Waals surface area (Å²) in [6.07, 6.45) is 3.50. The fourth-order valence-electron chi connectivity index (χ4n) is 3.03. The number of pyridine rings is 1. The summed E-state index contributed by atoms with van der Waals surface area (Å²) >= 11 is 0. The van der Waals surface area contributed by atoms with Crippen LogP contribution in [-0.4, -0.2) is 24.6 Å². The molecule has 1 unspecified atom stereocenters. The van der Waals surface area contributed by atoms with Crippen molar-refractivity contribution in [3.63, 3.8) is 0 Å². The zero-order valence-electron chi connectivity index (χ0n) is 14.2. The smallest absolute Gasteiger partial charge is 0.129 e. The molecule has 0 radical (unpaired) electrons. The number of rotatable bonds is 7. The largest absolute Gasteiger partial charge is 0.356 e. The first-order valence-electron chi connectivity index (χ1n) is 8.59. The average Bonchev–Trinajstić information content (AvgIpc) is 2.97. The van der Waals surface area contributed by atoms with E-state index in [-0.39, 0.29) is 0 Å². The van der Waals surface area contributed by atoms with Crippen LogP contribution in [0.3, 0.4) is 0 Å². The molecule has 0 spiro atoms. The average molecular weight is 289 g/mol. The SMILES string of the molecule is CCCNCc1cc(CC)nc(N2CCC(C(C)C)C2)c1. The van der Waals surface area contributed by atoms with Crippen molar-refractivity contribution in [1.82, 2.24) is 10.3 Å². The third kappa shape index (κ3) is 4.44. The number of aryl methyl sites for hydroxylation is 1. The van der Waals surface area contributed by atoms with Gasteiger partial charge in [-0.05, 0) is 55.3 Å². The van der Waals surface area contributed by atoms with Gasteiger partial charge in [-0.25, -0.2) is 4.98 Å². The molecule has 1 saturated heterocycles. The molecule has 118 valence electrons. The fourth-order valence-corrected chi connectivity index (χ4v) is 3.03. The van der Waals surface area contributed by atoms with E-state index in [0.29, 0.717) is 0 Å². The summed E-state index contributed by atoms with van der Waals surface area (Å²) in [5.41, 5.74) is 2.59. The van der Waals surface area contributed by atoms with Crippen molar-refractivity contribution in [3.05, 3.63) is 23.4 Å². The second-order valence-electron chi connectivity index (χ2n) is 6.59. The van der Waals surface area contributed by atoms with Crippen molar-refractivity contribution < 1.29 is 0 Å². The standard InChI is InChI=1S/C18H31N3/c1-5-8-19-12-15-10-17(6-2)20-18(11-15)21-9-7-16(13-21)14(3)4/h10-11,14,16,19H,5-9,12-13H2,1-4H3. The highest BCUT2D eigenvalue weighted by atomic mass is 15.2. The minimum absolute atomic E-state index is 0.773. The molecule has 2 rings (SSSR count). The molecule has 1 N–H and O–H groups in total.